The molecule has 108 valence electrons. The molecule has 0 aliphatic rings. The largest absolute Gasteiger partial charge is 0.324 e. The first-order chi connectivity index (χ1) is 9.29. The van der Waals surface area contributed by atoms with Crippen molar-refractivity contribution in [2.45, 2.75) is 69.2 Å². The van der Waals surface area contributed by atoms with Crippen molar-refractivity contribution in [1.82, 2.24) is 0 Å². The van der Waals surface area contributed by atoms with Crippen molar-refractivity contribution < 1.29 is 0 Å². The van der Waals surface area contributed by atoms with Crippen LogP contribution in [0, 0.1) is 0 Å². The monoisotopic (exact) mass is 279 g/mol. The summed E-state index contributed by atoms with van der Waals surface area (Å²) in [5.74, 6) is 0. The van der Waals surface area contributed by atoms with E-state index in [1.807, 2.05) is 0 Å². The van der Waals surface area contributed by atoms with Crippen LogP contribution < -0.4 is 5.73 Å². The van der Waals surface area contributed by atoms with Gasteiger partial charge in [0, 0.05) is 10.9 Å². The Bertz CT molecular complexity index is 338. The fraction of sp³-hybridized carbons (Fsp3) is 0.647. The van der Waals surface area contributed by atoms with Gasteiger partial charge in [0.15, 0.2) is 0 Å². The average molecular weight is 279 g/mol. The van der Waals surface area contributed by atoms with Gasteiger partial charge in [-0.3, -0.25) is 0 Å². The number of nitrogens with two attached hydrogens (primary N) is 1. The van der Waals surface area contributed by atoms with E-state index >= 15 is 0 Å². The fourth-order valence-corrected chi connectivity index (χ4v) is 3.12. The Balaban J connectivity index is 2.22. The smallest absolute Gasteiger partial charge is 0.0305 e. The predicted molar refractivity (Wildman–Crippen MR) is 87.8 cm³/mol. The Hall–Kier alpha value is -0.470. The molecule has 2 heteroatoms. The average Bonchev–Trinajstić information content (AvgIpc) is 2.46. The first kappa shape index (κ1) is 16.6. The van der Waals surface area contributed by atoms with Crippen LogP contribution in [-0.4, -0.2) is 6.26 Å². The molecule has 1 atom stereocenters. The van der Waals surface area contributed by atoms with Gasteiger partial charge in [-0.2, -0.15) is 0 Å². The van der Waals surface area contributed by atoms with Gasteiger partial charge in [-0.1, -0.05) is 70.1 Å². The zero-order chi connectivity index (χ0) is 13.9. The molecular formula is C17H29NS. The van der Waals surface area contributed by atoms with E-state index in [4.69, 9.17) is 5.73 Å². The molecule has 0 radical (unpaired) electrons. The van der Waals surface area contributed by atoms with Crippen LogP contribution in [0.5, 0.6) is 0 Å². The van der Waals surface area contributed by atoms with E-state index in [1.165, 1.54) is 55.4 Å². The minimum absolute atomic E-state index is 0.208. The van der Waals surface area contributed by atoms with Crippen LogP contribution in [0.15, 0.2) is 29.2 Å². The minimum atomic E-state index is 0.208. The Morgan fingerprint density at radius 1 is 1.00 bits per heavy atom. The normalized spacial score (nSPS) is 12.6. The summed E-state index contributed by atoms with van der Waals surface area (Å²) < 4.78 is 0. The van der Waals surface area contributed by atoms with Gasteiger partial charge in [0.2, 0.25) is 0 Å². The van der Waals surface area contributed by atoms with Crippen molar-refractivity contribution in [2.75, 3.05) is 6.26 Å². The molecule has 0 saturated carbocycles. The summed E-state index contributed by atoms with van der Waals surface area (Å²) in [6, 6.07) is 8.75. The molecule has 0 spiro atoms. The van der Waals surface area contributed by atoms with Gasteiger partial charge in [0.1, 0.15) is 0 Å². The van der Waals surface area contributed by atoms with E-state index in [9.17, 15) is 0 Å². The minimum Gasteiger partial charge on any atom is -0.324 e. The molecule has 0 aliphatic carbocycles. The quantitative estimate of drug-likeness (QED) is 0.449. The van der Waals surface area contributed by atoms with Gasteiger partial charge in [0.05, 0.1) is 0 Å². The first-order valence-corrected chi connectivity index (χ1v) is 8.90. The lowest BCUT2D eigenvalue weighted by molar-refractivity contribution is 0.538. The van der Waals surface area contributed by atoms with E-state index < -0.39 is 0 Å². The van der Waals surface area contributed by atoms with Gasteiger partial charge in [-0.05, 0) is 24.3 Å². The molecule has 1 rings (SSSR count). The summed E-state index contributed by atoms with van der Waals surface area (Å²) in [5, 5.41) is 0. The van der Waals surface area contributed by atoms with Crippen LogP contribution in [-0.2, 0) is 0 Å². The van der Waals surface area contributed by atoms with Crippen molar-refractivity contribution in [3.05, 3.63) is 29.8 Å². The van der Waals surface area contributed by atoms with E-state index in [-0.39, 0.29) is 6.04 Å². The Kier molecular flexibility index (Phi) is 9.02. The van der Waals surface area contributed by atoms with Crippen molar-refractivity contribution in [3.8, 4) is 0 Å². The van der Waals surface area contributed by atoms with E-state index in [0.717, 1.165) is 6.42 Å². The number of rotatable bonds is 10. The third-order valence-electron chi connectivity index (χ3n) is 3.66. The summed E-state index contributed by atoms with van der Waals surface area (Å²) in [5.41, 5.74) is 7.64. The molecule has 1 aromatic carbocycles. The molecule has 2 N–H and O–H groups in total. The lowest BCUT2D eigenvalue weighted by atomic mass is 10.0. The fourth-order valence-electron chi connectivity index (χ4n) is 2.45. The van der Waals surface area contributed by atoms with Crippen molar-refractivity contribution in [2.24, 2.45) is 5.73 Å². The molecule has 1 nitrogen and oxygen atoms in total. The SMILES string of the molecule is CCCCCCCCCC(N)c1ccccc1SC. The van der Waals surface area contributed by atoms with Crippen molar-refractivity contribution in [1.29, 1.82) is 0 Å². The number of thioether (sulfide) groups is 1. The maximum atomic E-state index is 6.32. The highest BCUT2D eigenvalue weighted by molar-refractivity contribution is 7.98. The predicted octanol–water partition coefficient (Wildman–Crippen LogP) is 5.55. The molecule has 0 heterocycles. The molecule has 1 unspecified atom stereocenters. The Morgan fingerprint density at radius 2 is 1.63 bits per heavy atom. The van der Waals surface area contributed by atoms with Crippen LogP contribution in [0.25, 0.3) is 0 Å². The van der Waals surface area contributed by atoms with E-state index in [0.29, 0.717) is 0 Å². The maximum Gasteiger partial charge on any atom is 0.0305 e. The standard InChI is InChI=1S/C17H29NS/c1-3-4-5-6-7-8-9-13-16(18)15-12-10-11-14-17(15)19-2/h10-12,14,16H,3-9,13,18H2,1-2H3. The summed E-state index contributed by atoms with van der Waals surface area (Å²) >= 11 is 1.80. The highest BCUT2D eigenvalue weighted by Crippen LogP contribution is 2.27. The second-order valence-electron chi connectivity index (χ2n) is 5.26. The Morgan fingerprint density at radius 3 is 2.32 bits per heavy atom. The van der Waals surface area contributed by atoms with Gasteiger partial charge < -0.3 is 5.73 Å². The summed E-state index contributed by atoms with van der Waals surface area (Å²) in [4.78, 5) is 1.33. The van der Waals surface area contributed by atoms with Crippen molar-refractivity contribution in [3.63, 3.8) is 0 Å². The third-order valence-corrected chi connectivity index (χ3v) is 4.47. The number of hydrogen-bond donors (Lipinski definition) is 1. The van der Waals surface area contributed by atoms with Crippen molar-refractivity contribution >= 4 is 11.8 Å². The summed E-state index contributed by atoms with van der Waals surface area (Å²) in [7, 11) is 0. The zero-order valence-electron chi connectivity index (χ0n) is 12.5. The molecule has 0 fully saturated rings. The topological polar surface area (TPSA) is 26.0 Å². The summed E-state index contributed by atoms with van der Waals surface area (Å²) in [6.07, 6.45) is 12.7. The highest BCUT2D eigenvalue weighted by Gasteiger charge is 2.09. The molecule has 0 aliphatic heterocycles. The second-order valence-corrected chi connectivity index (χ2v) is 6.11. The van der Waals surface area contributed by atoms with Crippen LogP contribution in [0.1, 0.15) is 69.9 Å². The van der Waals surface area contributed by atoms with Gasteiger partial charge >= 0.3 is 0 Å². The molecule has 1 aromatic rings. The van der Waals surface area contributed by atoms with Crippen LogP contribution in [0.4, 0.5) is 0 Å². The lowest BCUT2D eigenvalue weighted by Gasteiger charge is -2.15. The first-order valence-electron chi connectivity index (χ1n) is 7.68. The van der Waals surface area contributed by atoms with Gasteiger partial charge in [-0.25, -0.2) is 0 Å². The molecule has 0 bridgehead atoms. The highest BCUT2D eigenvalue weighted by atomic mass is 32.2. The lowest BCUT2D eigenvalue weighted by Crippen LogP contribution is -2.11. The van der Waals surface area contributed by atoms with Crippen LogP contribution in [0.2, 0.25) is 0 Å². The third kappa shape index (κ3) is 6.49. The molecule has 0 aromatic heterocycles. The zero-order valence-corrected chi connectivity index (χ0v) is 13.3. The van der Waals surface area contributed by atoms with Gasteiger partial charge in [0.25, 0.3) is 0 Å². The van der Waals surface area contributed by atoms with Gasteiger partial charge in [-0.15, -0.1) is 11.8 Å². The van der Waals surface area contributed by atoms with Crippen LogP contribution >= 0.6 is 11.8 Å². The second kappa shape index (κ2) is 10.3. The molecule has 19 heavy (non-hydrogen) atoms. The Labute approximate surface area is 123 Å². The van der Waals surface area contributed by atoms with Crippen LogP contribution in [0.3, 0.4) is 0 Å². The van der Waals surface area contributed by atoms with E-state index in [2.05, 4.69) is 37.4 Å². The van der Waals surface area contributed by atoms with E-state index in [1.54, 1.807) is 11.8 Å². The molecule has 0 amide bonds. The summed E-state index contributed by atoms with van der Waals surface area (Å²) in [6.45, 7) is 2.27. The number of unbranched alkanes of at least 4 members (excludes halogenated alkanes) is 6. The number of hydrogen-bond acceptors (Lipinski definition) is 2. The number of benzene rings is 1. The molecular weight excluding hydrogens is 250 g/mol. The molecule has 0 saturated heterocycles. The maximum absolute atomic E-state index is 6.32.